The van der Waals surface area contributed by atoms with Crippen LogP contribution in [0.1, 0.15) is 5.56 Å². The highest BCUT2D eigenvalue weighted by atomic mass is 35.5. The molecular formula is C18H15Cl2N3O2. The van der Waals surface area contributed by atoms with E-state index in [1.165, 1.54) is 0 Å². The minimum absolute atomic E-state index is 0.117. The zero-order chi connectivity index (χ0) is 17.6. The monoisotopic (exact) mass is 375 g/mol. The normalized spacial score (nSPS) is 10.5. The maximum absolute atomic E-state index is 11.9. The standard InChI is InChI=1S/C18H15Cl2N3O2/c19-14-3-6-17(16(20)9-14)25-11-18(24)22-10-13-1-4-15(5-2-13)23-8-7-21-12-23/h1-9,12H,10-11H2,(H,22,24). The van der Waals surface area contributed by atoms with Gasteiger partial charge >= 0.3 is 0 Å². The van der Waals surface area contributed by atoms with E-state index >= 15 is 0 Å². The molecule has 0 fully saturated rings. The molecule has 0 radical (unpaired) electrons. The molecule has 7 heteroatoms. The Morgan fingerprint density at radius 1 is 1.16 bits per heavy atom. The van der Waals surface area contributed by atoms with Gasteiger partial charge in [-0.3, -0.25) is 4.79 Å². The minimum atomic E-state index is -0.232. The Labute approximate surface area is 155 Å². The Morgan fingerprint density at radius 2 is 1.96 bits per heavy atom. The minimum Gasteiger partial charge on any atom is -0.482 e. The van der Waals surface area contributed by atoms with Crippen LogP contribution in [0.2, 0.25) is 10.0 Å². The summed E-state index contributed by atoms with van der Waals surface area (Å²) in [5, 5.41) is 3.69. The SMILES string of the molecule is O=C(COc1ccc(Cl)cc1Cl)NCc1ccc(-n2ccnc2)cc1. The van der Waals surface area contributed by atoms with Crippen molar-refractivity contribution in [1.82, 2.24) is 14.9 Å². The maximum atomic E-state index is 11.9. The molecule has 0 aliphatic rings. The molecule has 5 nitrogen and oxygen atoms in total. The number of nitrogens with zero attached hydrogens (tertiary/aromatic N) is 2. The van der Waals surface area contributed by atoms with Gasteiger partial charge in [0, 0.05) is 29.6 Å². The van der Waals surface area contributed by atoms with Gasteiger partial charge in [0.25, 0.3) is 5.91 Å². The molecule has 1 amide bonds. The first-order valence-electron chi connectivity index (χ1n) is 7.53. The fourth-order valence-corrected chi connectivity index (χ4v) is 2.65. The summed E-state index contributed by atoms with van der Waals surface area (Å²) in [5.41, 5.74) is 2.00. The van der Waals surface area contributed by atoms with Crippen molar-refractivity contribution in [3.8, 4) is 11.4 Å². The second kappa shape index (κ2) is 8.05. The van der Waals surface area contributed by atoms with Crippen LogP contribution in [0.5, 0.6) is 5.75 Å². The van der Waals surface area contributed by atoms with Gasteiger partial charge in [0.15, 0.2) is 6.61 Å². The lowest BCUT2D eigenvalue weighted by Gasteiger charge is -2.09. The van der Waals surface area contributed by atoms with E-state index in [1.807, 2.05) is 35.0 Å². The number of nitrogens with one attached hydrogen (secondary N) is 1. The van der Waals surface area contributed by atoms with Crippen molar-refractivity contribution in [3.63, 3.8) is 0 Å². The second-order valence-electron chi connectivity index (χ2n) is 5.28. The number of hydrogen-bond donors (Lipinski definition) is 1. The summed E-state index contributed by atoms with van der Waals surface area (Å²) in [6.07, 6.45) is 5.33. The Bertz CT molecular complexity index is 849. The van der Waals surface area contributed by atoms with Crippen molar-refractivity contribution >= 4 is 29.1 Å². The Hall–Kier alpha value is -2.50. The number of halogens is 2. The summed E-state index contributed by atoms with van der Waals surface area (Å²) in [4.78, 5) is 15.9. The number of carbonyl (C=O) groups excluding carboxylic acids is 1. The molecule has 0 saturated carbocycles. The summed E-state index contributed by atoms with van der Waals surface area (Å²) >= 11 is 11.8. The predicted octanol–water partition coefficient (Wildman–Crippen LogP) is 3.87. The molecule has 1 heterocycles. The van der Waals surface area contributed by atoms with E-state index in [-0.39, 0.29) is 12.5 Å². The van der Waals surface area contributed by atoms with Crippen LogP contribution in [-0.2, 0) is 11.3 Å². The third-order valence-electron chi connectivity index (χ3n) is 3.48. The smallest absolute Gasteiger partial charge is 0.258 e. The fourth-order valence-electron chi connectivity index (χ4n) is 2.19. The second-order valence-corrected chi connectivity index (χ2v) is 6.12. The largest absolute Gasteiger partial charge is 0.482 e. The van der Waals surface area contributed by atoms with E-state index in [0.717, 1.165) is 11.3 Å². The van der Waals surface area contributed by atoms with Crippen LogP contribution in [0.25, 0.3) is 5.69 Å². The molecule has 0 bridgehead atoms. The fraction of sp³-hybridized carbons (Fsp3) is 0.111. The first-order chi connectivity index (χ1) is 12.1. The lowest BCUT2D eigenvalue weighted by molar-refractivity contribution is -0.123. The Morgan fingerprint density at radius 3 is 2.64 bits per heavy atom. The first kappa shape index (κ1) is 17.3. The van der Waals surface area contributed by atoms with Crippen LogP contribution in [0, 0.1) is 0 Å². The highest BCUT2D eigenvalue weighted by molar-refractivity contribution is 6.35. The lowest BCUT2D eigenvalue weighted by atomic mass is 10.2. The molecule has 1 N–H and O–H groups in total. The Balaban J connectivity index is 1.49. The number of carbonyl (C=O) groups is 1. The van der Waals surface area contributed by atoms with Crippen LogP contribution in [0.15, 0.2) is 61.2 Å². The third kappa shape index (κ3) is 4.75. The number of hydrogen-bond acceptors (Lipinski definition) is 3. The molecular weight excluding hydrogens is 361 g/mol. The molecule has 0 unspecified atom stereocenters. The van der Waals surface area contributed by atoms with Gasteiger partial charge in [-0.05, 0) is 35.9 Å². The molecule has 0 saturated heterocycles. The zero-order valence-corrected chi connectivity index (χ0v) is 14.7. The summed E-state index contributed by atoms with van der Waals surface area (Å²) in [6, 6.07) is 12.7. The van der Waals surface area contributed by atoms with Gasteiger partial charge in [0.2, 0.25) is 0 Å². The predicted molar refractivity (Wildman–Crippen MR) is 97.4 cm³/mol. The summed E-state index contributed by atoms with van der Waals surface area (Å²) in [5.74, 6) is 0.190. The van der Waals surface area contributed by atoms with Crippen LogP contribution in [0.3, 0.4) is 0 Å². The van der Waals surface area contributed by atoms with Crippen molar-refractivity contribution in [2.75, 3.05) is 6.61 Å². The molecule has 0 aliphatic carbocycles. The quantitative estimate of drug-likeness (QED) is 0.711. The number of rotatable bonds is 6. The number of aromatic nitrogens is 2. The van der Waals surface area contributed by atoms with Crippen LogP contribution < -0.4 is 10.1 Å². The van der Waals surface area contributed by atoms with Crippen LogP contribution in [-0.4, -0.2) is 22.1 Å². The highest BCUT2D eigenvalue weighted by Gasteiger charge is 2.06. The van der Waals surface area contributed by atoms with E-state index in [4.69, 9.17) is 27.9 Å². The van der Waals surface area contributed by atoms with Gasteiger partial charge in [-0.15, -0.1) is 0 Å². The van der Waals surface area contributed by atoms with E-state index in [9.17, 15) is 4.79 Å². The van der Waals surface area contributed by atoms with Crippen LogP contribution in [0.4, 0.5) is 0 Å². The molecule has 3 aromatic rings. The van der Waals surface area contributed by atoms with Crippen LogP contribution >= 0.6 is 23.2 Å². The van der Waals surface area contributed by atoms with E-state index in [0.29, 0.717) is 22.3 Å². The van der Waals surface area contributed by atoms with E-state index in [1.54, 1.807) is 30.7 Å². The summed E-state index contributed by atoms with van der Waals surface area (Å²) in [7, 11) is 0. The number of ether oxygens (including phenoxy) is 1. The lowest BCUT2D eigenvalue weighted by Crippen LogP contribution is -2.28. The van der Waals surface area contributed by atoms with Crippen molar-refractivity contribution < 1.29 is 9.53 Å². The van der Waals surface area contributed by atoms with E-state index < -0.39 is 0 Å². The van der Waals surface area contributed by atoms with Gasteiger partial charge in [-0.1, -0.05) is 35.3 Å². The average molecular weight is 376 g/mol. The molecule has 3 rings (SSSR count). The number of imidazole rings is 1. The average Bonchev–Trinajstić information content (AvgIpc) is 3.14. The first-order valence-corrected chi connectivity index (χ1v) is 8.29. The maximum Gasteiger partial charge on any atom is 0.258 e. The molecule has 0 atom stereocenters. The van der Waals surface area contributed by atoms with Gasteiger partial charge in [-0.25, -0.2) is 4.98 Å². The Kier molecular flexibility index (Phi) is 5.58. The van der Waals surface area contributed by atoms with Crippen molar-refractivity contribution in [1.29, 1.82) is 0 Å². The number of amides is 1. The number of benzene rings is 2. The summed E-state index contributed by atoms with van der Waals surface area (Å²) < 4.78 is 7.31. The summed E-state index contributed by atoms with van der Waals surface area (Å²) in [6.45, 7) is 0.301. The van der Waals surface area contributed by atoms with E-state index in [2.05, 4.69) is 10.3 Å². The van der Waals surface area contributed by atoms with Gasteiger partial charge in [-0.2, -0.15) is 0 Å². The van der Waals surface area contributed by atoms with Gasteiger partial charge < -0.3 is 14.6 Å². The molecule has 0 spiro atoms. The third-order valence-corrected chi connectivity index (χ3v) is 4.01. The highest BCUT2D eigenvalue weighted by Crippen LogP contribution is 2.27. The molecule has 128 valence electrons. The topological polar surface area (TPSA) is 56.1 Å². The van der Waals surface area contributed by atoms with Gasteiger partial charge in [0.05, 0.1) is 11.3 Å². The molecule has 1 aromatic heterocycles. The zero-order valence-electron chi connectivity index (χ0n) is 13.2. The molecule has 0 aliphatic heterocycles. The molecule has 25 heavy (non-hydrogen) atoms. The molecule has 2 aromatic carbocycles. The van der Waals surface area contributed by atoms with Crippen molar-refractivity contribution in [2.24, 2.45) is 0 Å². The van der Waals surface area contributed by atoms with Crippen molar-refractivity contribution in [3.05, 3.63) is 76.8 Å². The van der Waals surface area contributed by atoms with Crippen molar-refractivity contribution in [2.45, 2.75) is 6.54 Å². The van der Waals surface area contributed by atoms with Gasteiger partial charge in [0.1, 0.15) is 5.75 Å².